The first-order valence-electron chi connectivity index (χ1n) is 8.44. The van der Waals surface area contributed by atoms with Crippen LogP contribution in [0.2, 0.25) is 0 Å². The van der Waals surface area contributed by atoms with Gasteiger partial charge in [-0.15, -0.1) is 0 Å². The number of ether oxygens (including phenoxy) is 1. The topological polar surface area (TPSA) is 92.4 Å². The van der Waals surface area contributed by atoms with E-state index in [0.29, 0.717) is 28.5 Å². The number of para-hydroxylation sites is 1. The predicted octanol–water partition coefficient (Wildman–Crippen LogP) is 3.55. The largest absolute Gasteiger partial charge is 0.481 e. The standard InChI is InChI=1S/C20H15FN4O3/c21-12-4-6-13(7-5-12)23-15-8-9-22-10-17(15)25-20(27)14-2-1-3-16-19(14)28-11-18(26)24-16/h1-10H,11H2,(H,22,23)(H,24,26)(H,25,27). The number of hydrogen-bond donors (Lipinski definition) is 3. The van der Waals surface area contributed by atoms with E-state index in [1.807, 2.05) is 0 Å². The zero-order valence-corrected chi connectivity index (χ0v) is 14.5. The minimum Gasteiger partial charge on any atom is -0.481 e. The summed E-state index contributed by atoms with van der Waals surface area (Å²) in [4.78, 5) is 28.3. The summed E-state index contributed by atoms with van der Waals surface area (Å²) in [5, 5.41) is 8.57. The van der Waals surface area contributed by atoms with Gasteiger partial charge in [-0.2, -0.15) is 0 Å². The number of nitrogens with one attached hydrogen (secondary N) is 3. The molecule has 7 nitrogen and oxygen atoms in total. The number of pyridine rings is 1. The van der Waals surface area contributed by atoms with Gasteiger partial charge in [0.1, 0.15) is 5.82 Å². The Morgan fingerprint density at radius 3 is 2.75 bits per heavy atom. The Hall–Kier alpha value is -3.94. The van der Waals surface area contributed by atoms with Crippen molar-refractivity contribution in [3.63, 3.8) is 0 Å². The Bertz CT molecular complexity index is 1050. The van der Waals surface area contributed by atoms with Crippen LogP contribution >= 0.6 is 0 Å². The Labute approximate surface area is 159 Å². The van der Waals surface area contributed by atoms with Crippen molar-refractivity contribution in [2.45, 2.75) is 0 Å². The molecule has 28 heavy (non-hydrogen) atoms. The smallest absolute Gasteiger partial charge is 0.262 e. The van der Waals surface area contributed by atoms with E-state index in [4.69, 9.17) is 4.74 Å². The van der Waals surface area contributed by atoms with Crippen molar-refractivity contribution >= 4 is 34.6 Å². The third-order valence-electron chi connectivity index (χ3n) is 4.07. The minimum atomic E-state index is -0.414. The molecule has 140 valence electrons. The van der Waals surface area contributed by atoms with Crippen molar-refractivity contribution in [3.05, 3.63) is 72.3 Å². The highest BCUT2D eigenvalue weighted by Gasteiger charge is 2.23. The first kappa shape index (κ1) is 17.5. The van der Waals surface area contributed by atoms with E-state index in [2.05, 4.69) is 20.9 Å². The molecular formula is C20H15FN4O3. The Balaban J connectivity index is 1.58. The van der Waals surface area contributed by atoms with Gasteiger partial charge in [0.2, 0.25) is 0 Å². The number of amides is 2. The van der Waals surface area contributed by atoms with Crippen LogP contribution in [0.1, 0.15) is 10.4 Å². The van der Waals surface area contributed by atoms with E-state index >= 15 is 0 Å². The molecule has 3 aromatic rings. The van der Waals surface area contributed by atoms with Crippen LogP contribution < -0.4 is 20.7 Å². The molecule has 0 saturated carbocycles. The van der Waals surface area contributed by atoms with Crippen molar-refractivity contribution in [2.75, 3.05) is 22.6 Å². The molecule has 0 saturated heterocycles. The summed E-state index contributed by atoms with van der Waals surface area (Å²) in [5.74, 6) is -0.711. The van der Waals surface area contributed by atoms with Crippen LogP contribution in [0.3, 0.4) is 0 Å². The average Bonchev–Trinajstić information content (AvgIpc) is 2.70. The van der Waals surface area contributed by atoms with Crippen LogP contribution in [0.25, 0.3) is 0 Å². The molecule has 0 spiro atoms. The highest BCUT2D eigenvalue weighted by atomic mass is 19.1. The van der Waals surface area contributed by atoms with E-state index in [9.17, 15) is 14.0 Å². The van der Waals surface area contributed by atoms with Gasteiger partial charge in [0.25, 0.3) is 11.8 Å². The zero-order valence-electron chi connectivity index (χ0n) is 14.5. The fourth-order valence-corrected chi connectivity index (χ4v) is 2.78. The summed E-state index contributed by atoms with van der Waals surface area (Å²) in [6.45, 7) is -0.151. The van der Waals surface area contributed by atoms with Gasteiger partial charge in [0.05, 0.1) is 28.8 Å². The third-order valence-corrected chi connectivity index (χ3v) is 4.07. The highest BCUT2D eigenvalue weighted by molar-refractivity contribution is 6.10. The van der Waals surface area contributed by atoms with Gasteiger partial charge in [0, 0.05) is 11.9 Å². The second-order valence-corrected chi connectivity index (χ2v) is 6.03. The molecule has 0 radical (unpaired) electrons. The number of aromatic nitrogens is 1. The van der Waals surface area contributed by atoms with Crippen molar-refractivity contribution in [2.24, 2.45) is 0 Å². The van der Waals surface area contributed by atoms with Gasteiger partial charge < -0.3 is 20.7 Å². The van der Waals surface area contributed by atoms with Crippen LogP contribution in [0, 0.1) is 5.82 Å². The summed E-state index contributed by atoms with van der Waals surface area (Å²) in [7, 11) is 0. The zero-order chi connectivity index (χ0) is 19.5. The summed E-state index contributed by atoms with van der Waals surface area (Å²) < 4.78 is 18.5. The van der Waals surface area contributed by atoms with Crippen LogP contribution in [-0.4, -0.2) is 23.4 Å². The monoisotopic (exact) mass is 378 g/mol. The molecule has 1 aromatic heterocycles. The van der Waals surface area contributed by atoms with Gasteiger partial charge in [-0.25, -0.2) is 4.39 Å². The maximum Gasteiger partial charge on any atom is 0.262 e. The highest BCUT2D eigenvalue weighted by Crippen LogP contribution is 2.33. The Morgan fingerprint density at radius 2 is 1.93 bits per heavy atom. The molecule has 0 aliphatic carbocycles. The number of fused-ring (bicyclic) bond motifs is 1. The lowest BCUT2D eigenvalue weighted by molar-refractivity contribution is -0.118. The average molecular weight is 378 g/mol. The Morgan fingerprint density at radius 1 is 1.11 bits per heavy atom. The number of carbonyl (C=O) groups excluding carboxylic acids is 2. The number of anilines is 4. The lowest BCUT2D eigenvalue weighted by atomic mass is 10.1. The van der Waals surface area contributed by atoms with Gasteiger partial charge >= 0.3 is 0 Å². The number of rotatable bonds is 4. The van der Waals surface area contributed by atoms with Gasteiger partial charge in [-0.05, 0) is 42.5 Å². The van der Waals surface area contributed by atoms with E-state index in [-0.39, 0.29) is 23.9 Å². The quantitative estimate of drug-likeness (QED) is 0.646. The number of hydrogen-bond acceptors (Lipinski definition) is 5. The summed E-state index contributed by atoms with van der Waals surface area (Å²) in [6, 6.07) is 12.5. The molecule has 1 aliphatic rings. The van der Waals surface area contributed by atoms with Gasteiger partial charge in [-0.1, -0.05) is 6.07 Å². The minimum absolute atomic E-state index is 0.151. The SMILES string of the molecule is O=C1COc2c(cccc2C(=O)Nc2cnccc2Nc2ccc(F)cc2)N1. The lowest BCUT2D eigenvalue weighted by Crippen LogP contribution is -2.27. The van der Waals surface area contributed by atoms with Crippen LogP contribution in [0.4, 0.5) is 27.1 Å². The molecule has 4 rings (SSSR count). The first-order valence-corrected chi connectivity index (χ1v) is 8.44. The summed E-state index contributed by atoms with van der Waals surface area (Å²) >= 11 is 0. The normalized spacial score (nSPS) is 12.4. The molecule has 3 N–H and O–H groups in total. The maximum absolute atomic E-state index is 13.1. The predicted molar refractivity (Wildman–Crippen MR) is 102 cm³/mol. The van der Waals surface area contributed by atoms with Crippen LogP contribution in [0.15, 0.2) is 60.9 Å². The molecule has 1 aliphatic heterocycles. The molecule has 0 bridgehead atoms. The lowest BCUT2D eigenvalue weighted by Gasteiger charge is -2.20. The third kappa shape index (κ3) is 3.61. The number of benzene rings is 2. The fraction of sp³-hybridized carbons (Fsp3) is 0.0500. The van der Waals surface area contributed by atoms with E-state index in [0.717, 1.165) is 0 Å². The number of halogens is 1. The summed E-state index contributed by atoms with van der Waals surface area (Å²) in [5.41, 5.74) is 2.42. The summed E-state index contributed by atoms with van der Waals surface area (Å²) in [6.07, 6.45) is 3.08. The fourth-order valence-electron chi connectivity index (χ4n) is 2.78. The molecular weight excluding hydrogens is 363 g/mol. The van der Waals surface area contributed by atoms with Crippen molar-refractivity contribution in [1.29, 1.82) is 0 Å². The van der Waals surface area contributed by atoms with Crippen LogP contribution in [-0.2, 0) is 4.79 Å². The van der Waals surface area contributed by atoms with E-state index in [1.54, 1.807) is 42.6 Å². The Kier molecular flexibility index (Phi) is 4.59. The number of nitrogens with zero attached hydrogens (tertiary/aromatic N) is 1. The van der Waals surface area contributed by atoms with Gasteiger partial charge in [0.15, 0.2) is 12.4 Å². The second kappa shape index (κ2) is 7.36. The molecule has 2 aromatic carbocycles. The molecule has 0 unspecified atom stereocenters. The molecule has 2 heterocycles. The van der Waals surface area contributed by atoms with Crippen molar-refractivity contribution < 1.29 is 18.7 Å². The van der Waals surface area contributed by atoms with E-state index in [1.165, 1.54) is 18.3 Å². The first-order chi connectivity index (χ1) is 13.6. The van der Waals surface area contributed by atoms with Crippen molar-refractivity contribution in [1.82, 2.24) is 4.98 Å². The van der Waals surface area contributed by atoms with E-state index < -0.39 is 5.91 Å². The maximum atomic E-state index is 13.1. The molecule has 8 heteroatoms. The van der Waals surface area contributed by atoms with Crippen molar-refractivity contribution in [3.8, 4) is 5.75 Å². The number of carbonyl (C=O) groups is 2. The molecule has 0 atom stereocenters. The molecule has 2 amide bonds. The molecule has 0 fully saturated rings. The second-order valence-electron chi connectivity index (χ2n) is 6.03. The van der Waals surface area contributed by atoms with Gasteiger partial charge in [-0.3, -0.25) is 14.6 Å². The van der Waals surface area contributed by atoms with Crippen LogP contribution in [0.5, 0.6) is 5.75 Å².